The molecular formula is C17H21N5O. The molecule has 0 spiro atoms. The number of pyridine rings is 2. The van der Waals surface area contributed by atoms with Crippen LogP contribution in [0.1, 0.15) is 21.7 Å². The van der Waals surface area contributed by atoms with E-state index in [4.69, 9.17) is 5.73 Å². The van der Waals surface area contributed by atoms with Gasteiger partial charge in [0.25, 0.3) is 5.91 Å². The fourth-order valence-corrected chi connectivity index (χ4v) is 2.93. The van der Waals surface area contributed by atoms with E-state index in [2.05, 4.69) is 27.0 Å². The minimum absolute atomic E-state index is 0.0147. The summed E-state index contributed by atoms with van der Waals surface area (Å²) in [5, 5.41) is 0. The number of aromatic nitrogens is 2. The summed E-state index contributed by atoms with van der Waals surface area (Å²) in [5.41, 5.74) is 9.47. The molecule has 3 heterocycles. The molecule has 0 saturated carbocycles. The Morgan fingerprint density at radius 1 is 1.09 bits per heavy atom. The molecule has 6 nitrogen and oxygen atoms in total. The molecule has 1 amide bonds. The first-order valence-electron chi connectivity index (χ1n) is 7.74. The number of nitrogen functional groups attached to an aromatic ring is 1. The van der Waals surface area contributed by atoms with Crippen molar-refractivity contribution in [3.8, 4) is 0 Å². The summed E-state index contributed by atoms with van der Waals surface area (Å²) in [6, 6.07) is 7.52. The summed E-state index contributed by atoms with van der Waals surface area (Å²) in [5.74, 6) is 0.387. The van der Waals surface area contributed by atoms with Gasteiger partial charge in [0, 0.05) is 55.0 Å². The van der Waals surface area contributed by atoms with E-state index in [0.717, 1.165) is 24.5 Å². The highest BCUT2D eigenvalue weighted by molar-refractivity contribution is 5.94. The number of carbonyl (C=O) groups excluding carboxylic acids is 1. The van der Waals surface area contributed by atoms with Crippen molar-refractivity contribution in [3.63, 3.8) is 0 Å². The SMILES string of the molecule is Cc1cc(N2CCN(C(=O)c3ccnc(N)c3)CC2)cc(C)n1. The molecule has 120 valence electrons. The lowest BCUT2D eigenvalue weighted by atomic mass is 10.2. The van der Waals surface area contributed by atoms with Crippen molar-refractivity contribution in [1.82, 2.24) is 14.9 Å². The molecule has 0 bridgehead atoms. The predicted molar refractivity (Wildman–Crippen MR) is 90.5 cm³/mol. The van der Waals surface area contributed by atoms with E-state index >= 15 is 0 Å². The molecular weight excluding hydrogens is 290 g/mol. The van der Waals surface area contributed by atoms with E-state index < -0.39 is 0 Å². The number of aryl methyl sites for hydroxylation is 2. The van der Waals surface area contributed by atoms with E-state index in [9.17, 15) is 4.79 Å². The predicted octanol–water partition coefficient (Wildman–Crippen LogP) is 1.64. The summed E-state index contributed by atoms with van der Waals surface area (Å²) >= 11 is 0. The summed E-state index contributed by atoms with van der Waals surface area (Å²) in [6.45, 7) is 7.03. The first kappa shape index (κ1) is 15.3. The summed E-state index contributed by atoms with van der Waals surface area (Å²) in [6.07, 6.45) is 1.57. The molecule has 0 aliphatic carbocycles. The van der Waals surface area contributed by atoms with Crippen LogP contribution in [0.5, 0.6) is 0 Å². The maximum absolute atomic E-state index is 12.5. The van der Waals surface area contributed by atoms with Crippen molar-refractivity contribution >= 4 is 17.4 Å². The number of anilines is 2. The maximum atomic E-state index is 12.5. The van der Waals surface area contributed by atoms with Gasteiger partial charge in [-0.15, -0.1) is 0 Å². The molecule has 1 aliphatic heterocycles. The van der Waals surface area contributed by atoms with Gasteiger partial charge in [0.15, 0.2) is 0 Å². The zero-order chi connectivity index (χ0) is 16.4. The molecule has 1 aliphatic rings. The summed E-state index contributed by atoms with van der Waals surface area (Å²) < 4.78 is 0. The fourth-order valence-electron chi connectivity index (χ4n) is 2.93. The Morgan fingerprint density at radius 3 is 2.35 bits per heavy atom. The number of rotatable bonds is 2. The van der Waals surface area contributed by atoms with Gasteiger partial charge in [-0.1, -0.05) is 0 Å². The average Bonchev–Trinajstić information content (AvgIpc) is 2.53. The van der Waals surface area contributed by atoms with E-state index in [1.165, 1.54) is 5.69 Å². The van der Waals surface area contributed by atoms with Crippen molar-refractivity contribution in [2.75, 3.05) is 36.8 Å². The molecule has 0 aromatic carbocycles. The van der Waals surface area contributed by atoms with E-state index in [1.807, 2.05) is 18.7 Å². The second kappa shape index (κ2) is 6.24. The zero-order valence-corrected chi connectivity index (χ0v) is 13.5. The number of hydrogen-bond donors (Lipinski definition) is 1. The first-order chi connectivity index (χ1) is 11.0. The van der Waals surface area contributed by atoms with Gasteiger partial charge < -0.3 is 15.5 Å². The minimum Gasteiger partial charge on any atom is -0.384 e. The van der Waals surface area contributed by atoms with Crippen LogP contribution in [0.2, 0.25) is 0 Å². The van der Waals surface area contributed by atoms with Crippen LogP contribution in [0.4, 0.5) is 11.5 Å². The minimum atomic E-state index is 0.0147. The van der Waals surface area contributed by atoms with Gasteiger partial charge in [0.2, 0.25) is 0 Å². The lowest BCUT2D eigenvalue weighted by Crippen LogP contribution is -2.48. The highest BCUT2D eigenvalue weighted by Crippen LogP contribution is 2.19. The van der Waals surface area contributed by atoms with Crippen LogP contribution in [0, 0.1) is 13.8 Å². The third-order valence-electron chi connectivity index (χ3n) is 4.03. The molecule has 0 atom stereocenters. The van der Waals surface area contributed by atoms with Crippen LogP contribution >= 0.6 is 0 Å². The van der Waals surface area contributed by atoms with E-state index in [-0.39, 0.29) is 5.91 Å². The Bertz CT molecular complexity index is 702. The lowest BCUT2D eigenvalue weighted by molar-refractivity contribution is 0.0746. The van der Waals surface area contributed by atoms with Crippen LogP contribution in [0.15, 0.2) is 30.5 Å². The summed E-state index contributed by atoms with van der Waals surface area (Å²) in [4.78, 5) is 25.0. The van der Waals surface area contributed by atoms with Crippen LogP contribution < -0.4 is 10.6 Å². The second-order valence-corrected chi connectivity index (χ2v) is 5.86. The quantitative estimate of drug-likeness (QED) is 0.912. The average molecular weight is 311 g/mol. The molecule has 0 unspecified atom stereocenters. The van der Waals surface area contributed by atoms with Gasteiger partial charge in [-0.2, -0.15) is 0 Å². The standard InChI is InChI=1S/C17H21N5O/c1-12-9-15(10-13(2)20-12)21-5-7-22(8-6-21)17(23)14-3-4-19-16(18)11-14/h3-4,9-11H,5-8H2,1-2H3,(H2,18,19). The Hall–Kier alpha value is -2.63. The van der Waals surface area contributed by atoms with Crippen LogP contribution in [0.25, 0.3) is 0 Å². The van der Waals surface area contributed by atoms with Crippen LogP contribution in [0.3, 0.4) is 0 Å². The molecule has 1 fully saturated rings. The Balaban J connectivity index is 1.67. The topological polar surface area (TPSA) is 75.3 Å². The number of carbonyl (C=O) groups is 1. The smallest absolute Gasteiger partial charge is 0.254 e. The lowest BCUT2D eigenvalue weighted by Gasteiger charge is -2.36. The third kappa shape index (κ3) is 3.41. The van der Waals surface area contributed by atoms with Gasteiger partial charge in [-0.25, -0.2) is 4.98 Å². The first-order valence-corrected chi connectivity index (χ1v) is 7.74. The maximum Gasteiger partial charge on any atom is 0.254 e. The molecule has 6 heteroatoms. The summed E-state index contributed by atoms with van der Waals surface area (Å²) in [7, 11) is 0. The highest BCUT2D eigenvalue weighted by Gasteiger charge is 2.22. The normalized spacial score (nSPS) is 14.9. The molecule has 2 aromatic rings. The third-order valence-corrected chi connectivity index (χ3v) is 4.03. The Kier molecular flexibility index (Phi) is 4.14. The van der Waals surface area contributed by atoms with E-state index in [1.54, 1.807) is 18.3 Å². The fraction of sp³-hybridized carbons (Fsp3) is 0.353. The number of nitrogens with zero attached hydrogens (tertiary/aromatic N) is 4. The Morgan fingerprint density at radius 2 is 1.74 bits per heavy atom. The molecule has 1 saturated heterocycles. The van der Waals surface area contributed by atoms with Gasteiger partial charge in [0.05, 0.1) is 0 Å². The van der Waals surface area contributed by atoms with Crippen molar-refractivity contribution in [2.45, 2.75) is 13.8 Å². The second-order valence-electron chi connectivity index (χ2n) is 5.86. The number of piperazine rings is 1. The van der Waals surface area contributed by atoms with Crippen molar-refractivity contribution < 1.29 is 4.79 Å². The van der Waals surface area contributed by atoms with Crippen molar-refractivity contribution in [3.05, 3.63) is 47.4 Å². The van der Waals surface area contributed by atoms with Gasteiger partial charge in [-0.3, -0.25) is 9.78 Å². The highest BCUT2D eigenvalue weighted by atomic mass is 16.2. The Labute approximate surface area is 135 Å². The number of nitrogens with two attached hydrogens (primary N) is 1. The number of hydrogen-bond acceptors (Lipinski definition) is 5. The largest absolute Gasteiger partial charge is 0.384 e. The molecule has 23 heavy (non-hydrogen) atoms. The van der Waals surface area contributed by atoms with Crippen molar-refractivity contribution in [2.24, 2.45) is 0 Å². The van der Waals surface area contributed by atoms with E-state index in [0.29, 0.717) is 24.5 Å². The molecule has 2 aromatic heterocycles. The van der Waals surface area contributed by atoms with Gasteiger partial charge in [0.1, 0.15) is 5.82 Å². The number of amides is 1. The molecule has 3 rings (SSSR count). The monoisotopic (exact) mass is 311 g/mol. The van der Waals surface area contributed by atoms with Crippen LogP contribution in [-0.4, -0.2) is 47.0 Å². The van der Waals surface area contributed by atoms with Gasteiger partial charge in [-0.05, 0) is 38.1 Å². The van der Waals surface area contributed by atoms with Crippen LogP contribution in [-0.2, 0) is 0 Å². The molecule has 2 N–H and O–H groups in total. The zero-order valence-electron chi connectivity index (χ0n) is 13.5. The molecule has 0 radical (unpaired) electrons. The van der Waals surface area contributed by atoms with Gasteiger partial charge >= 0.3 is 0 Å². The van der Waals surface area contributed by atoms with Crippen molar-refractivity contribution in [1.29, 1.82) is 0 Å².